The van der Waals surface area contributed by atoms with Gasteiger partial charge in [-0.3, -0.25) is 20.4 Å². The highest BCUT2D eigenvalue weighted by molar-refractivity contribution is 7.16. The van der Waals surface area contributed by atoms with Gasteiger partial charge in [0.15, 0.2) is 11.4 Å². The molecule has 2 aliphatic rings. The van der Waals surface area contributed by atoms with Crippen LogP contribution in [-0.4, -0.2) is 40.8 Å². The lowest BCUT2D eigenvalue weighted by Gasteiger charge is -2.30. The van der Waals surface area contributed by atoms with Crippen LogP contribution in [0, 0.1) is 5.92 Å². The lowest BCUT2D eigenvalue weighted by molar-refractivity contribution is -0.143. The minimum atomic E-state index is -0.692. The van der Waals surface area contributed by atoms with Crippen molar-refractivity contribution >= 4 is 34.2 Å². The first-order valence-corrected chi connectivity index (χ1v) is 14.1. The fourth-order valence-corrected chi connectivity index (χ4v) is 5.98. The quantitative estimate of drug-likeness (QED) is 0.224. The number of nitrogens with zero attached hydrogens (tertiary/aromatic N) is 2. The van der Waals surface area contributed by atoms with Gasteiger partial charge in [-0.25, -0.2) is 4.98 Å². The van der Waals surface area contributed by atoms with Crippen LogP contribution in [0.2, 0.25) is 0 Å². The van der Waals surface area contributed by atoms with Crippen molar-refractivity contribution in [1.29, 1.82) is 0 Å². The summed E-state index contributed by atoms with van der Waals surface area (Å²) >= 11 is 1.71. The van der Waals surface area contributed by atoms with Crippen LogP contribution in [0.3, 0.4) is 0 Å². The Hall–Kier alpha value is -2.55. The molecule has 1 aromatic heterocycles. The Morgan fingerprint density at radius 2 is 2.06 bits per heavy atom. The molecule has 7 nitrogen and oxygen atoms in total. The number of aromatic nitrogens is 1. The van der Waals surface area contributed by atoms with Gasteiger partial charge in [-0.1, -0.05) is 67.5 Å². The monoisotopic (exact) mass is 509 g/mol. The summed E-state index contributed by atoms with van der Waals surface area (Å²) in [5, 5.41) is 21.0. The zero-order chi connectivity index (χ0) is 25.3. The molecule has 0 bridgehead atoms. The fourth-order valence-electron chi connectivity index (χ4n) is 4.98. The van der Waals surface area contributed by atoms with Gasteiger partial charge in [0, 0.05) is 18.2 Å². The van der Waals surface area contributed by atoms with Gasteiger partial charge in [0.2, 0.25) is 0 Å². The summed E-state index contributed by atoms with van der Waals surface area (Å²) < 4.78 is 0. The maximum Gasteiger partial charge on any atom is 0.306 e. The highest BCUT2D eigenvalue weighted by Crippen LogP contribution is 2.32. The van der Waals surface area contributed by atoms with E-state index >= 15 is 0 Å². The summed E-state index contributed by atoms with van der Waals surface area (Å²) in [7, 11) is 0. The third-order valence-corrected chi connectivity index (χ3v) is 8.13. The number of hydrogen-bond donors (Lipinski definition) is 4. The Balaban J connectivity index is 1.42. The van der Waals surface area contributed by atoms with Gasteiger partial charge in [-0.2, -0.15) is 0 Å². The van der Waals surface area contributed by atoms with E-state index in [4.69, 9.17) is 9.98 Å². The third-order valence-electron chi connectivity index (χ3n) is 7.12. The third kappa shape index (κ3) is 7.48. The molecule has 3 unspecified atom stereocenters. The molecule has 8 heteroatoms. The fraction of sp³-hybridized carbons (Fsp3) is 0.536. The smallest absolute Gasteiger partial charge is 0.306 e. The maximum atomic E-state index is 11.6. The zero-order valence-corrected chi connectivity index (χ0v) is 22.2. The first-order chi connectivity index (χ1) is 17.5. The van der Waals surface area contributed by atoms with E-state index in [0.717, 1.165) is 62.2 Å². The number of aliphatic imine (C=N–C) groups is 1. The van der Waals surface area contributed by atoms with Gasteiger partial charge in [-0.05, 0) is 56.6 Å². The number of carboxylic acid groups (broad SMARTS) is 1. The topological polar surface area (TPSA) is 98.6 Å². The van der Waals surface area contributed by atoms with Gasteiger partial charge in [0.25, 0.3) is 0 Å². The molecule has 2 aromatic rings. The Morgan fingerprint density at radius 3 is 2.81 bits per heavy atom. The molecule has 1 aromatic carbocycles. The van der Waals surface area contributed by atoms with Crippen molar-refractivity contribution in [2.24, 2.45) is 10.9 Å². The van der Waals surface area contributed by atoms with E-state index in [1.165, 1.54) is 21.7 Å². The van der Waals surface area contributed by atoms with E-state index in [-0.39, 0.29) is 18.2 Å². The summed E-state index contributed by atoms with van der Waals surface area (Å²) in [6.45, 7) is 4.87. The normalized spacial score (nSPS) is 20.9. The lowest BCUT2D eigenvalue weighted by atomic mass is 9.86. The summed E-state index contributed by atoms with van der Waals surface area (Å²) in [5.41, 5.74) is 5.03. The van der Waals surface area contributed by atoms with Crippen molar-refractivity contribution in [3.05, 3.63) is 52.0 Å². The van der Waals surface area contributed by atoms with E-state index in [1.807, 2.05) is 6.07 Å². The van der Waals surface area contributed by atoms with Crippen LogP contribution in [0.4, 0.5) is 5.13 Å². The molecule has 1 heterocycles. The first-order valence-electron chi connectivity index (χ1n) is 13.3. The van der Waals surface area contributed by atoms with Crippen LogP contribution in [-0.2, 0) is 17.6 Å². The minimum absolute atomic E-state index is 0.126. The van der Waals surface area contributed by atoms with Gasteiger partial charge >= 0.3 is 5.97 Å². The molecule has 1 fully saturated rings. The predicted molar refractivity (Wildman–Crippen MR) is 149 cm³/mol. The van der Waals surface area contributed by atoms with Crippen LogP contribution in [0.5, 0.6) is 0 Å². The van der Waals surface area contributed by atoms with Gasteiger partial charge < -0.3 is 10.4 Å². The summed E-state index contributed by atoms with van der Waals surface area (Å²) in [5.74, 6) is -0.973. The van der Waals surface area contributed by atoms with Crippen molar-refractivity contribution in [1.82, 2.24) is 15.6 Å². The molecule has 4 N–H and O–H groups in total. The second-order valence-corrected chi connectivity index (χ2v) is 10.8. The molecule has 3 atom stereocenters. The van der Waals surface area contributed by atoms with Crippen molar-refractivity contribution in [2.45, 2.75) is 84.0 Å². The molecule has 194 valence electrons. The van der Waals surface area contributed by atoms with Gasteiger partial charge in [-0.15, -0.1) is 0 Å². The molecule has 2 aliphatic carbocycles. The maximum absolute atomic E-state index is 11.6. The predicted octanol–water partition coefficient (Wildman–Crippen LogP) is 5.45. The minimum Gasteiger partial charge on any atom is -0.481 e. The zero-order valence-electron chi connectivity index (χ0n) is 21.4. The van der Waals surface area contributed by atoms with Crippen LogP contribution in [0.1, 0.15) is 74.9 Å². The number of thiazole rings is 1. The number of nitrogens with one attached hydrogen (secondary N) is 3. The molecule has 0 saturated heterocycles. The molecule has 0 spiro atoms. The van der Waals surface area contributed by atoms with E-state index in [2.05, 4.69) is 60.1 Å². The highest BCUT2D eigenvalue weighted by atomic mass is 32.1. The Labute approximate surface area is 218 Å². The summed E-state index contributed by atoms with van der Waals surface area (Å²) in [6.07, 6.45) is 10.2. The summed E-state index contributed by atoms with van der Waals surface area (Å²) in [6, 6.07) is 10.5. The SMILES string of the molecule is CCC1=Cc2sc(NCNC(/N=C(\CC)Cc3ccccc3)NC3CCCC(C(=O)O)C3)nc2CC1. The number of rotatable bonds is 12. The average Bonchev–Trinajstić information content (AvgIpc) is 3.30. The number of aliphatic carboxylic acids is 1. The number of fused-ring (bicyclic) bond motifs is 1. The standard InChI is InChI=1S/C28H39N5O2S/c1-3-19-13-14-24-25(16-19)36-28(33-24)30-18-29-27(32-23-12-8-11-21(17-23)26(34)35)31-22(4-2)15-20-9-6-5-7-10-20/h5-7,9-10,16,21,23,27,29,32H,3-4,8,11-15,17-18H2,1-2H3,(H,30,33)(H,34,35)/b31-22+. The molecule has 0 radical (unpaired) electrons. The second-order valence-electron chi connectivity index (χ2n) is 9.72. The van der Waals surface area contributed by atoms with Gasteiger partial charge in [0.1, 0.15) is 0 Å². The van der Waals surface area contributed by atoms with E-state index in [9.17, 15) is 9.90 Å². The number of hydrogen-bond acceptors (Lipinski definition) is 7. The van der Waals surface area contributed by atoms with Crippen LogP contribution < -0.4 is 16.0 Å². The van der Waals surface area contributed by atoms with E-state index < -0.39 is 5.97 Å². The number of aryl methyl sites for hydroxylation is 1. The van der Waals surface area contributed by atoms with Crippen LogP contribution >= 0.6 is 11.3 Å². The molecular weight excluding hydrogens is 470 g/mol. The molecule has 36 heavy (non-hydrogen) atoms. The van der Waals surface area contributed by atoms with Crippen LogP contribution in [0.25, 0.3) is 6.08 Å². The van der Waals surface area contributed by atoms with Gasteiger partial charge in [0.05, 0.1) is 23.2 Å². The average molecular weight is 510 g/mol. The number of carbonyl (C=O) groups is 1. The Bertz CT molecular complexity index is 1070. The molecular formula is C28H39N5O2S. The van der Waals surface area contributed by atoms with Crippen molar-refractivity contribution in [3.63, 3.8) is 0 Å². The van der Waals surface area contributed by atoms with Crippen molar-refractivity contribution in [3.8, 4) is 0 Å². The molecule has 0 aliphatic heterocycles. The first kappa shape index (κ1) is 26.5. The Kier molecular flexibility index (Phi) is 9.67. The lowest BCUT2D eigenvalue weighted by Crippen LogP contribution is -2.50. The second kappa shape index (κ2) is 13.1. The summed E-state index contributed by atoms with van der Waals surface area (Å²) in [4.78, 5) is 22.7. The number of allylic oxidation sites excluding steroid dienone is 1. The molecule has 0 amide bonds. The van der Waals surface area contributed by atoms with E-state index in [0.29, 0.717) is 13.1 Å². The number of anilines is 1. The van der Waals surface area contributed by atoms with Crippen molar-refractivity contribution in [2.75, 3.05) is 12.0 Å². The molecule has 1 saturated carbocycles. The highest BCUT2D eigenvalue weighted by Gasteiger charge is 2.28. The van der Waals surface area contributed by atoms with Crippen LogP contribution in [0.15, 0.2) is 40.9 Å². The van der Waals surface area contributed by atoms with Crippen molar-refractivity contribution < 1.29 is 9.90 Å². The number of carboxylic acids is 1. The Morgan fingerprint density at radius 1 is 1.22 bits per heavy atom. The number of benzene rings is 1. The molecule has 4 rings (SSSR count). The van der Waals surface area contributed by atoms with E-state index in [1.54, 1.807) is 11.3 Å². The largest absolute Gasteiger partial charge is 0.481 e.